The van der Waals surface area contributed by atoms with Crippen molar-refractivity contribution in [1.82, 2.24) is 5.32 Å². The maximum Gasteiger partial charge on any atom is 0.472 e. The Balaban J connectivity index is 3.77. The van der Waals surface area contributed by atoms with Gasteiger partial charge >= 0.3 is 19.8 Å². The van der Waals surface area contributed by atoms with Crippen LogP contribution < -0.4 is 5.32 Å². The number of aliphatic hydroxyl groups excluding tert-OH is 1. The van der Waals surface area contributed by atoms with E-state index < -0.39 is 57.6 Å². The van der Waals surface area contributed by atoms with Crippen LogP contribution >= 0.6 is 7.82 Å². The Kier molecular flexibility index (Phi) is 49.3. The molecule has 0 aromatic rings. The van der Waals surface area contributed by atoms with E-state index in [1.165, 1.54) is 186 Å². The summed E-state index contributed by atoms with van der Waals surface area (Å²) in [6, 6.07) is -1.55. The van der Waals surface area contributed by atoms with E-state index >= 15 is 0 Å². The highest BCUT2D eigenvalue weighted by Crippen LogP contribution is 2.43. The Hall–Kier alpha value is -2.30. The van der Waals surface area contributed by atoms with Crippen LogP contribution in [0.15, 0.2) is 36.5 Å². The molecule has 3 atom stereocenters. The van der Waals surface area contributed by atoms with Gasteiger partial charge in [-0.3, -0.25) is 18.6 Å². The highest BCUT2D eigenvalue weighted by molar-refractivity contribution is 7.47. The van der Waals surface area contributed by atoms with E-state index in [2.05, 4.69) is 55.6 Å². The SMILES string of the molecule is CCCCC/C=C\C/C=C\CCCCCCCCCCCCCCCC(=O)OCC(O)COP(=O)(O)OCC(NC(=O)CCCCCCCCCCCCC/C=C/CCCCCCCC)C(=O)O. The molecule has 4 N–H and O–H groups in total. The minimum atomic E-state index is -4.76. The molecule has 11 nitrogen and oxygen atoms in total. The number of nitrogens with one attached hydrogen (secondary N) is 1. The third-order valence-electron chi connectivity index (χ3n) is 12.4. The fourth-order valence-electron chi connectivity index (χ4n) is 8.05. The molecular weight excluding hydrogens is 878 g/mol. The van der Waals surface area contributed by atoms with Crippen molar-refractivity contribution in [2.24, 2.45) is 0 Å². The van der Waals surface area contributed by atoms with Gasteiger partial charge in [0.1, 0.15) is 12.7 Å². The van der Waals surface area contributed by atoms with Crippen molar-refractivity contribution < 1.29 is 47.8 Å². The number of phosphoric ester groups is 1. The van der Waals surface area contributed by atoms with E-state index in [-0.39, 0.29) is 12.8 Å². The van der Waals surface area contributed by atoms with E-state index in [1.807, 2.05) is 0 Å². The van der Waals surface area contributed by atoms with Gasteiger partial charge in [-0.05, 0) is 70.6 Å². The second kappa shape index (κ2) is 51.1. The van der Waals surface area contributed by atoms with Crippen molar-refractivity contribution >= 4 is 25.7 Å². The molecule has 0 rings (SSSR count). The maximum absolute atomic E-state index is 12.4. The number of ether oxygens (including phenoxy) is 1. The fourth-order valence-corrected chi connectivity index (χ4v) is 8.82. The molecule has 398 valence electrons. The molecule has 1 amide bonds. The van der Waals surface area contributed by atoms with Gasteiger partial charge in [0.25, 0.3) is 0 Å². The van der Waals surface area contributed by atoms with Crippen molar-refractivity contribution in [3.05, 3.63) is 36.5 Å². The average molecular weight is 982 g/mol. The van der Waals surface area contributed by atoms with Crippen molar-refractivity contribution in [2.75, 3.05) is 19.8 Å². The summed E-state index contributed by atoms with van der Waals surface area (Å²) in [4.78, 5) is 46.2. The summed E-state index contributed by atoms with van der Waals surface area (Å²) in [6.07, 6.45) is 58.8. The predicted molar refractivity (Wildman–Crippen MR) is 282 cm³/mol. The smallest absolute Gasteiger partial charge is 0.472 e. The van der Waals surface area contributed by atoms with Gasteiger partial charge in [-0.2, -0.15) is 0 Å². The first-order valence-electron chi connectivity index (χ1n) is 28.0. The number of carboxylic acids is 1. The summed E-state index contributed by atoms with van der Waals surface area (Å²) in [6.45, 7) is 2.62. The van der Waals surface area contributed by atoms with Crippen molar-refractivity contribution in [3.8, 4) is 0 Å². The zero-order valence-corrected chi connectivity index (χ0v) is 44.6. The number of esters is 1. The quantitative estimate of drug-likeness (QED) is 0.0199. The number of carbonyl (C=O) groups excluding carboxylic acids is 2. The molecule has 0 radical (unpaired) electrons. The van der Waals surface area contributed by atoms with Crippen LogP contribution in [0, 0.1) is 0 Å². The van der Waals surface area contributed by atoms with Crippen LogP contribution in [0.2, 0.25) is 0 Å². The summed E-state index contributed by atoms with van der Waals surface area (Å²) in [5.41, 5.74) is 0. The lowest BCUT2D eigenvalue weighted by molar-refractivity contribution is -0.147. The summed E-state index contributed by atoms with van der Waals surface area (Å²) in [5.74, 6) is -2.36. The predicted octanol–water partition coefficient (Wildman–Crippen LogP) is 15.9. The summed E-state index contributed by atoms with van der Waals surface area (Å²) >= 11 is 0. The number of unbranched alkanes of at least 4 members (excludes halogenated alkanes) is 33. The van der Waals surface area contributed by atoms with E-state index in [4.69, 9.17) is 13.8 Å². The number of aliphatic carboxylic acids is 1. The number of hydrogen-bond acceptors (Lipinski definition) is 8. The van der Waals surface area contributed by atoms with Crippen LogP contribution in [0.3, 0.4) is 0 Å². The van der Waals surface area contributed by atoms with Gasteiger partial charge in [0.05, 0.1) is 13.2 Å². The number of carbonyl (C=O) groups is 3. The standard InChI is InChI=1S/C56H104NO10P/c1-3-5-7-9-11-13-15-17-19-21-23-25-26-28-30-32-34-36-38-40-42-44-46-48-55(60)65-49-52(58)50-66-68(63,64)67-51-53(56(61)62)57-54(59)47-45-43-41-39-37-35-33-31-29-27-24-22-20-18-16-14-12-10-8-6-4-2/h11,13,17-20,52-53,58H,3-10,12,14-16,21-51H2,1-2H3,(H,57,59)(H,61,62)(H,63,64)/b13-11-,19-17-,20-18+. The minimum absolute atomic E-state index is 0.147. The second-order valence-electron chi connectivity index (χ2n) is 19.1. The zero-order valence-electron chi connectivity index (χ0n) is 43.7. The minimum Gasteiger partial charge on any atom is -0.480 e. The molecular formula is C56H104NO10P. The number of hydrogen-bond donors (Lipinski definition) is 4. The number of allylic oxidation sites excluding steroid dienone is 6. The number of carboxylic acid groups (broad SMARTS) is 1. The van der Waals surface area contributed by atoms with E-state index in [9.17, 15) is 34.1 Å². The number of amides is 1. The molecule has 0 spiro atoms. The Morgan fingerprint density at radius 2 is 0.809 bits per heavy atom. The van der Waals surface area contributed by atoms with Gasteiger partial charge in [-0.15, -0.1) is 0 Å². The molecule has 0 aliphatic heterocycles. The van der Waals surface area contributed by atoms with Crippen molar-refractivity contribution in [1.29, 1.82) is 0 Å². The summed E-state index contributed by atoms with van der Waals surface area (Å²) in [5, 5.41) is 22.0. The molecule has 12 heteroatoms. The Morgan fingerprint density at radius 1 is 0.471 bits per heavy atom. The molecule has 0 saturated heterocycles. The third kappa shape index (κ3) is 50.1. The first kappa shape index (κ1) is 65.7. The van der Waals surface area contributed by atoms with Gasteiger partial charge in [0, 0.05) is 12.8 Å². The van der Waals surface area contributed by atoms with Crippen LogP contribution in [-0.2, 0) is 32.7 Å². The van der Waals surface area contributed by atoms with Gasteiger partial charge in [0.2, 0.25) is 5.91 Å². The number of aliphatic hydroxyl groups is 1. The molecule has 3 unspecified atom stereocenters. The lowest BCUT2D eigenvalue weighted by atomic mass is 10.0. The lowest BCUT2D eigenvalue weighted by Gasteiger charge is -2.18. The van der Waals surface area contributed by atoms with Gasteiger partial charge in [-0.25, -0.2) is 9.36 Å². The van der Waals surface area contributed by atoms with E-state index in [0.29, 0.717) is 12.8 Å². The summed E-state index contributed by atoms with van der Waals surface area (Å²) < 4.78 is 27.0. The van der Waals surface area contributed by atoms with Crippen molar-refractivity contribution in [2.45, 2.75) is 283 Å². The van der Waals surface area contributed by atoms with Crippen molar-refractivity contribution in [3.63, 3.8) is 0 Å². The van der Waals surface area contributed by atoms with Crippen LogP contribution in [0.4, 0.5) is 0 Å². The normalized spacial score (nSPS) is 13.7. The summed E-state index contributed by atoms with van der Waals surface area (Å²) in [7, 11) is -4.76. The van der Waals surface area contributed by atoms with Gasteiger partial charge < -0.3 is 25.2 Å². The number of phosphoric acid groups is 1. The molecule has 0 heterocycles. The molecule has 0 bridgehead atoms. The van der Waals surface area contributed by atoms with E-state index in [0.717, 1.165) is 44.9 Å². The highest BCUT2D eigenvalue weighted by Gasteiger charge is 2.28. The molecule has 68 heavy (non-hydrogen) atoms. The van der Waals surface area contributed by atoms with Gasteiger partial charge in [-0.1, -0.05) is 224 Å². The first-order valence-corrected chi connectivity index (χ1v) is 29.5. The third-order valence-corrected chi connectivity index (χ3v) is 13.4. The van der Waals surface area contributed by atoms with Crippen LogP contribution in [0.1, 0.15) is 271 Å². The largest absolute Gasteiger partial charge is 0.480 e. The lowest BCUT2D eigenvalue weighted by Crippen LogP contribution is -2.43. The molecule has 0 aliphatic carbocycles. The van der Waals surface area contributed by atoms with Crippen LogP contribution in [-0.4, -0.2) is 64.9 Å². The Morgan fingerprint density at radius 3 is 1.24 bits per heavy atom. The molecule has 0 fully saturated rings. The van der Waals surface area contributed by atoms with E-state index in [1.54, 1.807) is 0 Å². The second-order valence-corrected chi connectivity index (χ2v) is 20.6. The number of rotatable bonds is 53. The Bertz CT molecular complexity index is 1290. The van der Waals surface area contributed by atoms with Gasteiger partial charge in [0.15, 0.2) is 6.04 Å². The topological polar surface area (TPSA) is 169 Å². The molecule has 0 aromatic heterocycles. The molecule has 0 aliphatic rings. The average Bonchev–Trinajstić information content (AvgIpc) is 3.32. The monoisotopic (exact) mass is 982 g/mol. The molecule has 0 aromatic carbocycles. The zero-order chi connectivity index (χ0) is 49.9. The van der Waals surface area contributed by atoms with Crippen LogP contribution in [0.25, 0.3) is 0 Å². The fraction of sp³-hybridized carbons (Fsp3) is 0.839. The highest BCUT2D eigenvalue weighted by atomic mass is 31.2. The maximum atomic E-state index is 12.4. The molecule has 0 saturated carbocycles. The van der Waals surface area contributed by atoms with Crippen LogP contribution in [0.5, 0.6) is 0 Å². The Labute approximate surface area is 416 Å². The first-order chi connectivity index (χ1) is 33.1.